The lowest BCUT2D eigenvalue weighted by Gasteiger charge is -2.27. The average molecular weight is 345 g/mol. The fourth-order valence-corrected chi connectivity index (χ4v) is 3.35. The molecule has 0 unspecified atom stereocenters. The van der Waals surface area contributed by atoms with E-state index in [2.05, 4.69) is 10.4 Å². The predicted octanol–water partition coefficient (Wildman–Crippen LogP) is 3.13. The van der Waals surface area contributed by atoms with Gasteiger partial charge in [0.05, 0.1) is 6.04 Å². The highest BCUT2D eigenvalue weighted by molar-refractivity contribution is 5.65. The average Bonchev–Trinajstić information content (AvgIpc) is 2.89. The summed E-state index contributed by atoms with van der Waals surface area (Å²) in [6.07, 6.45) is 1.18. The second kappa shape index (κ2) is 7.46. The molecule has 1 heterocycles. The number of halogens is 2. The van der Waals surface area contributed by atoms with Crippen molar-refractivity contribution in [1.82, 2.24) is 15.1 Å². The van der Waals surface area contributed by atoms with E-state index in [0.717, 1.165) is 25.7 Å². The second-order valence-electron chi connectivity index (χ2n) is 7.17. The van der Waals surface area contributed by atoms with Crippen LogP contribution in [0.25, 0.3) is 0 Å². The van der Waals surface area contributed by atoms with Gasteiger partial charge in [-0.05, 0) is 51.9 Å². The number of carboxylic acid groups (broad SMARTS) is 1. The Hall–Kier alpha value is -1.70. The Bertz CT molecular complexity index is 567. The highest BCUT2D eigenvalue weighted by atomic mass is 19.3. The van der Waals surface area contributed by atoms with Crippen molar-refractivity contribution in [2.75, 3.05) is 6.61 Å². The van der Waals surface area contributed by atoms with Crippen molar-refractivity contribution in [1.29, 1.82) is 0 Å². The first-order valence-electron chi connectivity index (χ1n) is 8.20. The topological polar surface area (TPSA) is 87.4 Å². The van der Waals surface area contributed by atoms with Crippen LogP contribution in [0.5, 0.6) is 0 Å². The van der Waals surface area contributed by atoms with Gasteiger partial charge in [0, 0.05) is 23.9 Å². The van der Waals surface area contributed by atoms with Crippen LogP contribution >= 0.6 is 0 Å². The van der Waals surface area contributed by atoms with Crippen LogP contribution in [0.1, 0.15) is 63.3 Å². The molecule has 3 N–H and O–H groups in total. The van der Waals surface area contributed by atoms with Crippen LogP contribution in [-0.4, -0.2) is 38.2 Å². The van der Waals surface area contributed by atoms with Crippen molar-refractivity contribution in [3.63, 3.8) is 0 Å². The summed E-state index contributed by atoms with van der Waals surface area (Å²) in [6, 6.07) is 0.0506. The minimum absolute atomic E-state index is 0.0506. The zero-order valence-corrected chi connectivity index (χ0v) is 14.0. The van der Waals surface area contributed by atoms with Crippen LogP contribution in [0.3, 0.4) is 0 Å². The largest absolute Gasteiger partial charge is 0.465 e. The standard InChI is InChI=1S/C16H25F2N3O3/c1-16(2,19-15(23)24)7-11-8-21(20-13(11)14(17)18)12-5-3-10(9-22)4-6-12/h8,10,12,14,19,22H,3-7,9H2,1-2H3,(H,23,24). The number of nitrogens with one attached hydrogen (secondary N) is 1. The van der Waals surface area contributed by atoms with Gasteiger partial charge in [-0.3, -0.25) is 4.68 Å². The lowest BCUT2D eigenvalue weighted by Crippen LogP contribution is -2.44. The molecule has 1 saturated carbocycles. The van der Waals surface area contributed by atoms with Crippen molar-refractivity contribution < 1.29 is 23.8 Å². The molecule has 1 aliphatic rings. The van der Waals surface area contributed by atoms with Crippen molar-refractivity contribution in [3.8, 4) is 0 Å². The van der Waals surface area contributed by atoms with Gasteiger partial charge >= 0.3 is 6.09 Å². The highest BCUT2D eigenvalue weighted by Crippen LogP contribution is 2.33. The third-order valence-electron chi connectivity index (χ3n) is 4.57. The van der Waals surface area contributed by atoms with Gasteiger partial charge in [0.15, 0.2) is 0 Å². The Morgan fingerprint density at radius 2 is 2.04 bits per heavy atom. The van der Waals surface area contributed by atoms with E-state index >= 15 is 0 Å². The van der Waals surface area contributed by atoms with Gasteiger partial charge in [0.25, 0.3) is 6.43 Å². The molecule has 1 aromatic rings. The number of hydrogen-bond acceptors (Lipinski definition) is 3. The summed E-state index contributed by atoms with van der Waals surface area (Å²) in [6.45, 7) is 3.47. The number of nitrogens with zero attached hydrogens (tertiary/aromatic N) is 2. The summed E-state index contributed by atoms with van der Waals surface area (Å²) in [5.74, 6) is 0.282. The molecule has 1 amide bonds. The molecule has 0 aliphatic heterocycles. The molecular weight excluding hydrogens is 320 g/mol. The van der Waals surface area contributed by atoms with Crippen molar-refractivity contribution in [2.24, 2.45) is 5.92 Å². The maximum atomic E-state index is 13.3. The molecule has 0 atom stereocenters. The van der Waals surface area contributed by atoms with Gasteiger partial charge in [-0.1, -0.05) is 0 Å². The minimum Gasteiger partial charge on any atom is -0.465 e. The van der Waals surface area contributed by atoms with Gasteiger partial charge in [-0.2, -0.15) is 5.10 Å². The van der Waals surface area contributed by atoms with Crippen LogP contribution in [0, 0.1) is 5.92 Å². The fourth-order valence-electron chi connectivity index (χ4n) is 3.35. The van der Waals surface area contributed by atoms with Crippen LogP contribution in [0.4, 0.5) is 13.6 Å². The molecule has 1 aliphatic carbocycles. The van der Waals surface area contributed by atoms with Gasteiger partial charge in [-0.15, -0.1) is 0 Å². The predicted molar refractivity (Wildman–Crippen MR) is 84.2 cm³/mol. The summed E-state index contributed by atoms with van der Waals surface area (Å²) in [5.41, 5.74) is -0.773. The van der Waals surface area contributed by atoms with Gasteiger partial charge in [0.1, 0.15) is 5.69 Å². The molecule has 0 radical (unpaired) electrons. The molecule has 0 bridgehead atoms. The van der Waals surface area contributed by atoms with E-state index in [-0.39, 0.29) is 30.7 Å². The van der Waals surface area contributed by atoms with E-state index in [9.17, 15) is 18.7 Å². The lowest BCUT2D eigenvalue weighted by molar-refractivity contribution is 0.140. The first-order chi connectivity index (χ1) is 11.2. The fraction of sp³-hybridized carbons (Fsp3) is 0.750. The van der Waals surface area contributed by atoms with Crippen LogP contribution in [0.15, 0.2) is 6.20 Å². The summed E-state index contributed by atoms with van der Waals surface area (Å²) >= 11 is 0. The van der Waals surface area contributed by atoms with Gasteiger partial charge < -0.3 is 15.5 Å². The summed E-state index contributed by atoms with van der Waals surface area (Å²) in [4.78, 5) is 10.8. The molecule has 8 heteroatoms. The molecule has 1 fully saturated rings. The molecule has 6 nitrogen and oxygen atoms in total. The van der Waals surface area contributed by atoms with E-state index in [1.54, 1.807) is 24.7 Å². The Balaban J connectivity index is 2.17. The van der Waals surface area contributed by atoms with Gasteiger partial charge in [-0.25, -0.2) is 13.6 Å². The van der Waals surface area contributed by atoms with Crippen LogP contribution < -0.4 is 5.32 Å². The minimum atomic E-state index is -2.70. The van der Waals surface area contributed by atoms with E-state index in [4.69, 9.17) is 5.11 Å². The number of aliphatic hydroxyl groups excluding tert-OH is 1. The molecule has 1 aromatic heterocycles. The Labute approximate surface area is 139 Å². The smallest absolute Gasteiger partial charge is 0.405 e. The number of aliphatic hydroxyl groups is 1. The number of aromatic nitrogens is 2. The van der Waals surface area contributed by atoms with Crippen LogP contribution in [-0.2, 0) is 6.42 Å². The molecule has 0 aromatic carbocycles. The third kappa shape index (κ3) is 4.66. The molecular formula is C16H25F2N3O3. The van der Waals surface area contributed by atoms with Crippen molar-refractivity contribution >= 4 is 6.09 Å². The zero-order chi connectivity index (χ0) is 17.9. The molecule has 2 rings (SSSR count). The number of rotatable bonds is 6. The molecule has 0 spiro atoms. The normalized spacial score (nSPS) is 21.9. The number of amides is 1. The second-order valence-corrected chi connectivity index (χ2v) is 7.17. The Morgan fingerprint density at radius 3 is 2.54 bits per heavy atom. The zero-order valence-electron chi connectivity index (χ0n) is 14.0. The van der Waals surface area contributed by atoms with E-state index in [1.807, 2.05) is 0 Å². The molecule has 136 valence electrons. The first-order valence-corrected chi connectivity index (χ1v) is 8.20. The van der Waals surface area contributed by atoms with Gasteiger partial charge in [0.2, 0.25) is 0 Å². The molecule has 24 heavy (non-hydrogen) atoms. The monoisotopic (exact) mass is 345 g/mol. The third-order valence-corrected chi connectivity index (χ3v) is 4.57. The Kier molecular flexibility index (Phi) is 5.79. The maximum absolute atomic E-state index is 13.3. The first kappa shape index (κ1) is 18.6. The van der Waals surface area contributed by atoms with E-state index < -0.39 is 18.1 Å². The summed E-state index contributed by atoms with van der Waals surface area (Å²) < 4.78 is 28.2. The summed E-state index contributed by atoms with van der Waals surface area (Å²) in [7, 11) is 0. The maximum Gasteiger partial charge on any atom is 0.405 e. The van der Waals surface area contributed by atoms with Crippen molar-refractivity contribution in [3.05, 3.63) is 17.5 Å². The number of alkyl halides is 2. The number of hydrogen-bond donors (Lipinski definition) is 3. The van der Waals surface area contributed by atoms with E-state index in [1.165, 1.54) is 0 Å². The highest BCUT2D eigenvalue weighted by Gasteiger charge is 2.29. The van der Waals surface area contributed by atoms with Crippen LogP contribution in [0.2, 0.25) is 0 Å². The lowest BCUT2D eigenvalue weighted by atomic mass is 9.86. The van der Waals surface area contributed by atoms with E-state index in [0.29, 0.717) is 5.56 Å². The SMILES string of the molecule is CC(C)(Cc1cn(C2CCC(CO)CC2)nc1C(F)F)NC(=O)O. The quantitative estimate of drug-likeness (QED) is 0.739. The Morgan fingerprint density at radius 1 is 1.42 bits per heavy atom. The summed E-state index contributed by atoms with van der Waals surface area (Å²) in [5, 5.41) is 24.5. The van der Waals surface area contributed by atoms with Crippen molar-refractivity contribution in [2.45, 2.75) is 64.0 Å². The number of carbonyl (C=O) groups is 1. The molecule has 0 saturated heterocycles.